The zero-order valence-corrected chi connectivity index (χ0v) is 20.2. The zero-order chi connectivity index (χ0) is 24.4. The van der Waals surface area contributed by atoms with Crippen molar-refractivity contribution in [3.8, 4) is 11.6 Å². The van der Waals surface area contributed by atoms with Crippen molar-refractivity contribution in [2.75, 3.05) is 7.11 Å². The lowest BCUT2D eigenvalue weighted by Gasteiger charge is -2.22. The van der Waals surface area contributed by atoms with Crippen LogP contribution in [0.5, 0.6) is 11.6 Å². The SMILES string of the molecule is COC(=O)N(Cc1sc(C)cc1C)NC(=O)c1cc(C)nnc1Oc1cccc(C2CC2)c1F. The van der Waals surface area contributed by atoms with Crippen LogP contribution in [0.1, 0.15) is 55.7 Å². The van der Waals surface area contributed by atoms with Crippen molar-refractivity contribution < 1.29 is 23.5 Å². The minimum absolute atomic E-state index is 0.0108. The lowest BCUT2D eigenvalue weighted by Crippen LogP contribution is -2.45. The minimum Gasteiger partial charge on any atom is -0.452 e. The van der Waals surface area contributed by atoms with Crippen LogP contribution in [-0.4, -0.2) is 34.3 Å². The van der Waals surface area contributed by atoms with Crippen LogP contribution in [-0.2, 0) is 11.3 Å². The molecule has 0 radical (unpaired) electrons. The molecule has 34 heavy (non-hydrogen) atoms. The molecule has 0 aliphatic heterocycles. The number of amides is 2. The molecule has 10 heteroatoms. The minimum atomic E-state index is -0.733. The van der Waals surface area contributed by atoms with Gasteiger partial charge in [-0.25, -0.2) is 14.2 Å². The molecular formula is C24H25FN4O4S. The third-order valence-electron chi connectivity index (χ3n) is 5.42. The maximum absolute atomic E-state index is 15.0. The average molecular weight is 485 g/mol. The molecule has 3 aromatic rings. The summed E-state index contributed by atoms with van der Waals surface area (Å²) in [4.78, 5) is 27.6. The molecule has 2 aromatic heterocycles. The third-order valence-corrected chi connectivity index (χ3v) is 6.56. The number of benzene rings is 1. The molecule has 4 rings (SSSR count). The fourth-order valence-electron chi connectivity index (χ4n) is 3.57. The van der Waals surface area contributed by atoms with Crippen LogP contribution in [0.25, 0.3) is 0 Å². The highest BCUT2D eigenvalue weighted by Gasteiger charge is 2.29. The lowest BCUT2D eigenvalue weighted by atomic mass is 10.1. The van der Waals surface area contributed by atoms with Crippen LogP contribution >= 0.6 is 11.3 Å². The maximum atomic E-state index is 15.0. The molecule has 0 saturated heterocycles. The largest absolute Gasteiger partial charge is 0.452 e. The highest BCUT2D eigenvalue weighted by atomic mass is 32.1. The number of rotatable bonds is 6. The summed E-state index contributed by atoms with van der Waals surface area (Å²) in [5.41, 5.74) is 4.62. The van der Waals surface area contributed by atoms with Gasteiger partial charge in [0.2, 0.25) is 0 Å². The van der Waals surface area contributed by atoms with E-state index in [-0.39, 0.29) is 29.7 Å². The van der Waals surface area contributed by atoms with E-state index < -0.39 is 17.8 Å². The van der Waals surface area contributed by atoms with Gasteiger partial charge in [-0.1, -0.05) is 12.1 Å². The summed E-state index contributed by atoms with van der Waals surface area (Å²) in [7, 11) is 1.23. The van der Waals surface area contributed by atoms with Crippen LogP contribution in [0, 0.1) is 26.6 Å². The number of ether oxygens (including phenoxy) is 2. The van der Waals surface area contributed by atoms with Crippen molar-refractivity contribution in [1.29, 1.82) is 0 Å². The lowest BCUT2D eigenvalue weighted by molar-refractivity contribution is 0.0690. The summed E-state index contributed by atoms with van der Waals surface area (Å²) < 4.78 is 25.5. The molecule has 0 spiro atoms. The first-order valence-electron chi connectivity index (χ1n) is 10.8. The fraction of sp³-hybridized carbons (Fsp3) is 0.333. The van der Waals surface area contributed by atoms with Crippen molar-refractivity contribution in [2.45, 2.75) is 46.1 Å². The Hall–Kier alpha value is -3.53. The summed E-state index contributed by atoms with van der Waals surface area (Å²) in [6, 6.07) is 8.39. The van der Waals surface area contributed by atoms with Crippen molar-refractivity contribution in [3.63, 3.8) is 0 Å². The topological polar surface area (TPSA) is 93.7 Å². The number of methoxy groups -OCH3 is 1. The Balaban J connectivity index is 1.60. The summed E-state index contributed by atoms with van der Waals surface area (Å²) >= 11 is 1.52. The molecule has 1 fully saturated rings. The van der Waals surface area contributed by atoms with Crippen molar-refractivity contribution in [2.24, 2.45) is 0 Å². The Morgan fingerprint density at radius 2 is 1.97 bits per heavy atom. The van der Waals surface area contributed by atoms with Gasteiger partial charge < -0.3 is 9.47 Å². The average Bonchev–Trinajstić information content (AvgIpc) is 3.59. The van der Waals surface area contributed by atoms with Gasteiger partial charge in [0, 0.05) is 9.75 Å². The summed E-state index contributed by atoms with van der Waals surface area (Å²) in [5, 5.41) is 8.99. The molecule has 1 N–H and O–H groups in total. The normalized spacial score (nSPS) is 12.9. The molecule has 1 aliphatic rings. The Kier molecular flexibility index (Phi) is 6.78. The number of nitrogens with one attached hydrogen (secondary N) is 1. The molecule has 0 bridgehead atoms. The molecule has 1 saturated carbocycles. The van der Waals surface area contributed by atoms with Crippen molar-refractivity contribution in [3.05, 3.63) is 68.3 Å². The first-order chi connectivity index (χ1) is 16.3. The second-order valence-corrected chi connectivity index (χ2v) is 9.54. The number of hydrogen-bond acceptors (Lipinski definition) is 7. The number of carbonyl (C=O) groups excluding carboxylic acids is 2. The van der Waals surface area contributed by atoms with Gasteiger partial charge in [-0.3, -0.25) is 10.2 Å². The van der Waals surface area contributed by atoms with E-state index in [2.05, 4.69) is 15.6 Å². The van der Waals surface area contributed by atoms with Gasteiger partial charge >= 0.3 is 6.09 Å². The second kappa shape index (κ2) is 9.76. The van der Waals surface area contributed by atoms with Gasteiger partial charge in [-0.05, 0) is 68.9 Å². The maximum Gasteiger partial charge on any atom is 0.428 e. The highest BCUT2D eigenvalue weighted by Crippen LogP contribution is 2.43. The van der Waals surface area contributed by atoms with E-state index >= 15 is 0 Å². The number of carbonyl (C=O) groups is 2. The van der Waals surface area contributed by atoms with E-state index in [0.29, 0.717) is 11.3 Å². The van der Waals surface area contributed by atoms with Gasteiger partial charge in [0.15, 0.2) is 11.6 Å². The monoisotopic (exact) mass is 484 g/mol. The Bertz CT molecular complexity index is 1240. The first-order valence-corrected chi connectivity index (χ1v) is 11.6. The summed E-state index contributed by atoms with van der Waals surface area (Å²) in [6.07, 6.45) is 1.14. The van der Waals surface area contributed by atoms with Crippen LogP contribution in [0.3, 0.4) is 0 Å². The highest BCUT2D eigenvalue weighted by molar-refractivity contribution is 7.12. The molecule has 1 aromatic carbocycles. The van der Waals surface area contributed by atoms with Crippen LogP contribution in [0.4, 0.5) is 9.18 Å². The third kappa shape index (κ3) is 5.17. The van der Waals surface area contributed by atoms with Crippen LogP contribution < -0.4 is 10.2 Å². The zero-order valence-electron chi connectivity index (χ0n) is 19.3. The molecule has 2 amide bonds. The predicted octanol–water partition coefficient (Wildman–Crippen LogP) is 5.19. The Morgan fingerprint density at radius 3 is 2.62 bits per heavy atom. The van der Waals surface area contributed by atoms with E-state index in [1.807, 2.05) is 19.9 Å². The van der Waals surface area contributed by atoms with E-state index in [1.165, 1.54) is 30.6 Å². The molecular weight excluding hydrogens is 459 g/mol. The fourth-order valence-corrected chi connectivity index (χ4v) is 4.61. The Labute approximate surface area is 200 Å². The molecule has 1 aliphatic carbocycles. The first kappa shape index (κ1) is 23.6. The number of hydrogen-bond donors (Lipinski definition) is 1. The summed E-state index contributed by atoms with van der Waals surface area (Å²) in [5.74, 6) is -1.15. The number of nitrogens with zero attached hydrogens (tertiary/aromatic N) is 3. The van der Waals surface area contributed by atoms with Gasteiger partial charge in [0.25, 0.3) is 11.8 Å². The standard InChI is InChI=1S/C24H25FN4O4S/c1-13-10-15(3)34-20(13)12-29(24(31)32-4)28-22(30)18-11-14(2)26-27-23(18)33-19-7-5-6-17(21(19)25)16-8-9-16/h5-7,10-11,16H,8-9,12H2,1-4H3,(H,28,30). The molecule has 2 heterocycles. The van der Waals surface area contributed by atoms with E-state index in [4.69, 9.17) is 9.47 Å². The van der Waals surface area contributed by atoms with Gasteiger partial charge in [-0.15, -0.1) is 16.4 Å². The molecule has 0 unspecified atom stereocenters. The number of thiophene rings is 1. The number of aromatic nitrogens is 2. The van der Waals surface area contributed by atoms with Gasteiger partial charge in [0.05, 0.1) is 19.3 Å². The van der Waals surface area contributed by atoms with Crippen molar-refractivity contribution in [1.82, 2.24) is 20.6 Å². The van der Waals surface area contributed by atoms with Gasteiger partial charge in [0.1, 0.15) is 5.56 Å². The molecule has 178 valence electrons. The molecule has 0 atom stereocenters. The van der Waals surface area contributed by atoms with Gasteiger partial charge in [-0.2, -0.15) is 5.10 Å². The number of aryl methyl sites for hydroxylation is 3. The summed E-state index contributed by atoms with van der Waals surface area (Å²) in [6.45, 7) is 5.68. The van der Waals surface area contributed by atoms with E-state index in [1.54, 1.807) is 19.1 Å². The quantitative estimate of drug-likeness (QED) is 0.484. The number of hydrazine groups is 1. The molecule has 8 nitrogen and oxygen atoms in total. The van der Waals surface area contributed by atoms with E-state index in [0.717, 1.165) is 33.2 Å². The number of halogens is 1. The Morgan fingerprint density at radius 1 is 1.21 bits per heavy atom. The van der Waals surface area contributed by atoms with Crippen molar-refractivity contribution >= 4 is 23.3 Å². The van der Waals surface area contributed by atoms with Crippen LogP contribution in [0.15, 0.2) is 30.3 Å². The second-order valence-electron chi connectivity index (χ2n) is 8.20. The van der Waals surface area contributed by atoms with Crippen LogP contribution in [0.2, 0.25) is 0 Å². The predicted molar refractivity (Wildman–Crippen MR) is 124 cm³/mol. The van der Waals surface area contributed by atoms with E-state index in [9.17, 15) is 14.0 Å². The smallest absolute Gasteiger partial charge is 0.428 e.